The molecule has 32 heavy (non-hydrogen) atoms. The largest absolute Gasteiger partial charge is 0.352 e. The van der Waals surface area contributed by atoms with E-state index in [1.54, 1.807) is 26.0 Å². The first-order chi connectivity index (χ1) is 15.0. The fourth-order valence-electron chi connectivity index (χ4n) is 3.55. The summed E-state index contributed by atoms with van der Waals surface area (Å²) in [6.07, 6.45) is 1.62. The SMILES string of the molecule is CN=C(NCc1ccc(C(=O)N(C)C)cc1)NCc1cccc(CN2CCCC2=O)c1.I. The Labute approximate surface area is 207 Å². The van der Waals surface area contributed by atoms with Crippen molar-refractivity contribution in [3.05, 3.63) is 70.8 Å². The molecule has 2 aromatic carbocycles. The van der Waals surface area contributed by atoms with Crippen LogP contribution in [0.5, 0.6) is 0 Å². The number of carbonyl (C=O) groups excluding carboxylic acids is 2. The highest BCUT2D eigenvalue weighted by atomic mass is 127. The number of halogens is 1. The normalized spacial score (nSPS) is 13.5. The van der Waals surface area contributed by atoms with E-state index >= 15 is 0 Å². The van der Waals surface area contributed by atoms with Gasteiger partial charge in [0.1, 0.15) is 0 Å². The molecule has 2 amide bonds. The van der Waals surface area contributed by atoms with Crippen LogP contribution < -0.4 is 10.6 Å². The van der Waals surface area contributed by atoms with E-state index < -0.39 is 0 Å². The van der Waals surface area contributed by atoms with Gasteiger partial charge in [0.15, 0.2) is 5.96 Å². The van der Waals surface area contributed by atoms with Gasteiger partial charge in [0.2, 0.25) is 5.91 Å². The summed E-state index contributed by atoms with van der Waals surface area (Å²) in [4.78, 5) is 31.6. The van der Waals surface area contributed by atoms with Gasteiger partial charge in [-0.1, -0.05) is 36.4 Å². The van der Waals surface area contributed by atoms with Crippen LogP contribution in [0.1, 0.15) is 39.9 Å². The highest BCUT2D eigenvalue weighted by Crippen LogP contribution is 2.15. The molecule has 0 unspecified atom stereocenters. The number of guanidine groups is 1. The van der Waals surface area contributed by atoms with Crippen molar-refractivity contribution in [1.82, 2.24) is 20.4 Å². The number of hydrogen-bond donors (Lipinski definition) is 2. The van der Waals surface area contributed by atoms with E-state index in [0.717, 1.165) is 29.7 Å². The van der Waals surface area contributed by atoms with E-state index in [-0.39, 0.29) is 35.8 Å². The summed E-state index contributed by atoms with van der Waals surface area (Å²) in [5.74, 6) is 0.939. The number of nitrogens with zero attached hydrogens (tertiary/aromatic N) is 3. The third-order valence-electron chi connectivity index (χ3n) is 5.29. The van der Waals surface area contributed by atoms with Gasteiger partial charge in [-0.15, -0.1) is 24.0 Å². The van der Waals surface area contributed by atoms with Gasteiger partial charge in [-0.25, -0.2) is 0 Å². The van der Waals surface area contributed by atoms with Gasteiger partial charge in [-0.05, 0) is 35.2 Å². The zero-order valence-corrected chi connectivity index (χ0v) is 21.3. The van der Waals surface area contributed by atoms with Gasteiger partial charge in [0, 0.05) is 59.3 Å². The van der Waals surface area contributed by atoms with E-state index in [0.29, 0.717) is 37.6 Å². The summed E-state index contributed by atoms with van der Waals surface area (Å²) in [5.41, 5.74) is 4.02. The summed E-state index contributed by atoms with van der Waals surface area (Å²) in [5, 5.41) is 6.62. The minimum absolute atomic E-state index is 0. The maximum Gasteiger partial charge on any atom is 0.253 e. The topological polar surface area (TPSA) is 77.0 Å². The lowest BCUT2D eigenvalue weighted by atomic mass is 10.1. The average molecular weight is 549 g/mol. The monoisotopic (exact) mass is 549 g/mol. The lowest BCUT2D eigenvalue weighted by Crippen LogP contribution is -2.36. The molecule has 0 bridgehead atoms. The maximum atomic E-state index is 12.0. The molecule has 0 atom stereocenters. The van der Waals surface area contributed by atoms with Crippen molar-refractivity contribution in [2.75, 3.05) is 27.7 Å². The zero-order chi connectivity index (χ0) is 22.2. The van der Waals surface area contributed by atoms with Crippen LogP contribution in [0.25, 0.3) is 0 Å². The Balaban J connectivity index is 0.00000363. The van der Waals surface area contributed by atoms with Crippen LogP contribution in [0.2, 0.25) is 0 Å². The predicted octanol–water partition coefficient (Wildman–Crippen LogP) is 2.99. The number of benzene rings is 2. The minimum Gasteiger partial charge on any atom is -0.352 e. The van der Waals surface area contributed by atoms with Crippen molar-refractivity contribution in [2.45, 2.75) is 32.5 Å². The molecule has 8 heteroatoms. The molecule has 1 aliphatic rings. The summed E-state index contributed by atoms with van der Waals surface area (Å²) >= 11 is 0. The van der Waals surface area contributed by atoms with E-state index in [1.807, 2.05) is 35.2 Å². The number of amides is 2. The zero-order valence-electron chi connectivity index (χ0n) is 18.9. The third-order valence-corrected chi connectivity index (χ3v) is 5.29. The number of carbonyl (C=O) groups is 2. The van der Waals surface area contributed by atoms with Crippen molar-refractivity contribution in [3.8, 4) is 0 Å². The number of nitrogens with one attached hydrogen (secondary N) is 2. The molecule has 1 fully saturated rings. The van der Waals surface area contributed by atoms with Crippen LogP contribution in [-0.2, 0) is 24.4 Å². The summed E-state index contributed by atoms with van der Waals surface area (Å²) in [6.45, 7) is 2.76. The minimum atomic E-state index is -0.00619. The van der Waals surface area contributed by atoms with E-state index in [2.05, 4.69) is 33.8 Å². The fourth-order valence-corrected chi connectivity index (χ4v) is 3.55. The molecule has 2 aromatic rings. The highest BCUT2D eigenvalue weighted by Gasteiger charge is 2.19. The molecule has 1 saturated heterocycles. The van der Waals surface area contributed by atoms with Crippen LogP contribution in [0.15, 0.2) is 53.5 Å². The lowest BCUT2D eigenvalue weighted by molar-refractivity contribution is -0.128. The summed E-state index contributed by atoms with van der Waals surface area (Å²) in [7, 11) is 5.23. The molecular weight excluding hydrogens is 517 g/mol. The van der Waals surface area contributed by atoms with Crippen molar-refractivity contribution < 1.29 is 9.59 Å². The fraction of sp³-hybridized carbons (Fsp3) is 0.375. The van der Waals surface area contributed by atoms with Crippen LogP contribution in [0, 0.1) is 0 Å². The number of aliphatic imine (C=N–C) groups is 1. The van der Waals surface area contributed by atoms with Crippen molar-refractivity contribution in [2.24, 2.45) is 4.99 Å². The Morgan fingerprint density at radius 3 is 2.28 bits per heavy atom. The molecule has 0 radical (unpaired) electrons. The van der Waals surface area contributed by atoms with Crippen LogP contribution in [-0.4, -0.2) is 55.3 Å². The molecule has 7 nitrogen and oxygen atoms in total. The third kappa shape index (κ3) is 7.22. The molecule has 0 aliphatic carbocycles. The van der Waals surface area contributed by atoms with Gasteiger partial charge in [0.25, 0.3) is 5.91 Å². The second-order valence-electron chi connectivity index (χ2n) is 7.91. The molecule has 1 aliphatic heterocycles. The Kier molecular flexibility index (Phi) is 9.96. The Hall–Kier alpha value is -2.62. The van der Waals surface area contributed by atoms with Crippen LogP contribution >= 0.6 is 24.0 Å². The molecule has 0 spiro atoms. The van der Waals surface area contributed by atoms with Crippen LogP contribution in [0.4, 0.5) is 0 Å². The first kappa shape index (κ1) is 25.6. The molecule has 2 N–H and O–H groups in total. The maximum absolute atomic E-state index is 12.0. The van der Waals surface area contributed by atoms with E-state index in [1.165, 1.54) is 0 Å². The number of hydrogen-bond acceptors (Lipinski definition) is 3. The predicted molar refractivity (Wildman–Crippen MR) is 138 cm³/mol. The molecule has 172 valence electrons. The highest BCUT2D eigenvalue weighted by molar-refractivity contribution is 14.0. The Morgan fingerprint density at radius 2 is 1.69 bits per heavy atom. The second kappa shape index (κ2) is 12.4. The van der Waals surface area contributed by atoms with Gasteiger partial charge >= 0.3 is 0 Å². The van der Waals surface area contributed by atoms with Gasteiger partial charge < -0.3 is 20.4 Å². The quantitative estimate of drug-likeness (QED) is 0.317. The molecule has 0 saturated carbocycles. The molecule has 1 heterocycles. The van der Waals surface area contributed by atoms with E-state index in [9.17, 15) is 9.59 Å². The van der Waals surface area contributed by atoms with Gasteiger partial charge in [0.05, 0.1) is 0 Å². The van der Waals surface area contributed by atoms with E-state index in [4.69, 9.17) is 0 Å². The molecule has 3 rings (SSSR count). The Bertz CT molecular complexity index is 944. The van der Waals surface area contributed by atoms with Crippen molar-refractivity contribution in [1.29, 1.82) is 0 Å². The van der Waals surface area contributed by atoms with Crippen molar-refractivity contribution in [3.63, 3.8) is 0 Å². The second-order valence-corrected chi connectivity index (χ2v) is 7.91. The average Bonchev–Trinajstić information content (AvgIpc) is 3.18. The van der Waals surface area contributed by atoms with Crippen LogP contribution in [0.3, 0.4) is 0 Å². The smallest absolute Gasteiger partial charge is 0.253 e. The Morgan fingerprint density at radius 1 is 1.03 bits per heavy atom. The lowest BCUT2D eigenvalue weighted by Gasteiger charge is -2.16. The van der Waals surface area contributed by atoms with Crippen molar-refractivity contribution >= 4 is 41.8 Å². The van der Waals surface area contributed by atoms with Gasteiger partial charge in [-0.3, -0.25) is 14.6 Å². The standard InChI is InChI=1S/C24H31N5O2.HI/c1-25-24(26-15-18-9-11-21(12-10-18)23(31)28(2)3)27-16-19-6-4-7-20(14-19)17-29-13-5-8-22(29)30;/h4,6-7,9-12,14H,5,8,13,15-17H2,1-3H3,(H2,25,26,27);1H. The first-order valence-electron chi connectivity index (χ1n) is 10.6. The molecular formula is C24H32IN5O2. The molecule has 0 aromatic heterocycles. The summed E-state index contributed by atoms with van der Waals surface area (Å²) < 4.78 is 0. The number of rotatable bonds is 7. The summed E-state index contributed by atoms with van der Waals surface area (Å²) in [6, 6.07) is 15.9. The number of likely N-dealkylation sites (tertiary alicyclic amines) is 1. The first-order valence-corrected chi connectivity index (χ1v) is 10.6. The van der Waals surface area contributed by atoms with Gasteiger partial charge in [-0.2, -0.15) is 0 Å².